The number of hydrogen-bond donors (Lipinski definition) is 1. The minimum atomic E-state index is -0.402. The first-order valence-corrected chi connectivity index (χ1v) is 8.38. The van der Waals surface area contributed by atoms with Crippen molar-refractivity contribution < 1.29 is 9.53 Å². The molecule has 0 unspecified atom stereocenters. The molecule has 0 aromatic rings. The number of rotatable bonds is 10. The van der Waals surface area contributed by atoms with E-state index in [4.69, 9.17) is 4.74 Å². The van der Waals surface area contributed by atoms with Crippen LogP contribution in [0.3, 0.4) is 0 Å². The van der Waals surface area contributed by atoms with E-state index in [-0.39, 0.29) is 11.9 Å². The second kappa shape index (κ2) is 10.2. The van der Waals surface area contributed by atoms with Gasteiger partial charge >= 0.3 is 5.97 Å². The molecule has 0 amide bonds. The molecule has 126 valence electrons. The molecule has 0 fully saturated rings. The summed E-state index contributed by atoms with van der Waals surface area (Å²) in [5.41, 5.74) is -0.402. The Balaban J connectivity index is 3.86. The zero-order chi connectivity index (χ0) is 16.5. The van der Waals surface area contributed by atoms with Crippen molar-refractivity contribution >= 4 is 5.97 Å². The predicted octanol–water partition coefficient (Wildman–Crippen LogP) is 3.06. The Bertz CT molecular complexity index is 283. The van der Waals surface area contributed by atoms with Gasteiger partial charge in [-0.05, 0) is 60.2 Å². The number of nitrogens with zero attached hydrogens (tertiary/aromatic N) is 1. The van der Waals surface area contributed by atoms with E-state index in [1.807, 2.05) is 27.7 Å². The van der Waals surface area contributed by atoms with Crippen molar-refractivity contribution in [3.63, 3.8) is 0 Å². The molecular formula is C17H36N2O2. The Kier molecular flexibility index (Phi) is 9.88. The summed E-state index contributed by atoms with van der Waals surface area (Å²) in [7, 11) is 0. The number of esters is 1. The van der Waals surface area contributed by atoms with E-state index in [0.717, 1.165) is 26.1 Å². The molecule has 0 aliphatic rings. The van der Waals surface area contributed by atoms with Crippen molar-refractivity contribution in [1.82, 2.24) is 10.2 Å². The maximum absolute atomic E-state index is 11.9. The van der Waals surface area contributed by atoms with Crippen LogP contribution in [0.25, 0.3) is 0 Å². The average molecular weight is 300 g/mol. The van der Waals surface area contributed by atoms with Gasteiger partial charge in [-0.3, -0.25) is 4.79 Å². The highest BCUT2D eigenvalue weighted by Gasteiger charge is 2.21. The third-order valence-corrected chi connectivity index (χ3v) is 3.59. The van der Waals surface area contributed by atoms with Crippen molar-refractivity contribution in [1.29, 1.82) is 0 Å². The van der Waals surface area contributed by atoms with Crippen LogP contribution >= 0.6 is 0 Å². The van der Waals surface area contributed by atoms with Gasteiger partial charge in [0.25, 0.3) is 0 Å². The number of carbonyl (C=O) groups excluding carboxylic acids is 1. The molecule has 2 atom stereocenters. The molecule has 0 aliphatic heterocycles. The van der Waals surface area contributed by atoms with Gasteiger partial charge in [0.1, 0.15) is 5.60 Å². The third-order valence-electron chi connectivity index (χ3n) is 3.59. The second-order valence-electron chi connectivity index (χ2n) is 6.91. The summed E-state index contributed by atoms with van der Waals surface area (Å²) in [6, 6.07) is 0.436. The number of ether oxygens (including phenoxy) is 1. The van der Waals surface area contributed by atoms with Crippen LogP contribution in [0.15, 0.2) is 0 Å². The van der Waals surface area contributed by atoms with Crippen molar-refractivity contribution in [2.45, 2.75) is 73.0 Å². The lowest BCUT2D eigenvalue weighted by atomic mass is 10.1. The second-order valence-corrected chi connectivity index (χ2v) is 6.91. The van der Waals surface area contributed by atoms with Gasteiger partial charge in [0.15, 0.2) is 0 Å². The summed E-state index contributed by atoms with van der Waals surface area (Å²) in [5.74, 6) is -0.222. The zero-order valence-corrected chi connectivity index (χ0v) is 15.2. The molecule has 0 saturated carbocycles. The largest absolute Gasteiger partial charge is 0.460 e. The first kappa shape index (κ1) is 20.4. The van der Waals surface area contributed by atoms with E-state index >= 15 is 0 Å². The first-order chi connectivity index (χ1) is 9.69. The molecular weight excluding hydrogens is 264 g/mol. The first-order valence-electron chi connectivity index (χ1n) is 8.38. The lowest BCUT2D eigenvalue weighted by Crippen LogP contribution is -2.36. The SMILES string of the molecule is CCN(CC)CCC[C@H](C)NC[C@H](C)C(=O)OC(C)(C)C. The molecule has 0 saturated heterocycles. The molecule has 0 heterocycles. The van der Waals surface area contributed by atoms with Crippen molar-refractivity contribution in [2.75, 3.05) is 26.2 Å². The molecule has 0 radical (unpaired) electrons. The van der Waals surface area contributed by atoms with Gasteiger partial charge in [-0.15, -0.1) is 0 Å². The van der Waals surface area contributed by atoms with Crippen molar-refractivity contribution in [3.8, 4) is 0 Å². The van der Waals surface area contributed by atoms with Gasteiger partial charge in [-0.2, -0.15) is 0 Å². The third kappa shape index (κ3) is 10.7. The minimum absolute atomic E-state index is 0.102. The molecule has 0 spiro atoms. The number of carbonyl (C=O) groups is 1. The molecule has 4 nitrogen and oxygen atoms in total. The molecule has 1 N–H and O–H groups in total. The smallest absolute Gasteiger partial charge is 0.310 e. The fraction of sp³-hybridized carbons (Fsp3) is 0.941. The predicted molar refractivity (Wildman–Crippen MR) is 89.5 cm³/mol. The van der Waals surface area contributed by atoms with Gasteiger partial charge < -0.3 is 15.0 Å². The van der Waals surface area contributed by atoms with Crippen LogP contribution in [0, 0.1) is 5.92 Å². The van der Waals surface area contributed by atoms with Crippen LogP contribution in [0.2, 0.25) is 0 Å². The average Bonchev–Trinajstić information content (AvgIpc) is 2.39. The van der Waals surface area contributed by atoms with Gasteiger partial charge in [-0.25, -0.2) is 0 Å². The van der Waals surface area contributed by atoms with E-state index in [2.05, 4.69) is 31.0 Å². The van der Waals surface area contributed by atoms with E-state index in [0.29, 0.717) is 12.6 Å². The molecule has 0 bridgehead atoms. The monoisotopic (exact) mass is 300 g/mol. The summed E-state index contributed by atoms with van der Waals surface area (Å²) in [5, 5.41) is 3.44. The molecule has 0 aliphatic carbocycles. The lowest BCUT2D eigenvalue weighted by molar-refractivity contribution is -0.159. The Morgan fingerprint density at radius 3 is 2.24 bits per heavy atom. The molecule has 0 rings (SSSR count). The minimum Gasteiger partial charge on any atom is -0.460 e. The van der Waals surface area contributed by atoms with Crippen LogP contribution in [0.1, 0.15) is 61.3 Å². The summed E-state index contributed by atoms with van der Waals surface area (Å²) >= 11 is 0. The quantitative estimate of drug-likeness (QED) is 0.630. The van der Waals surface area contributed by atoms with E-state index in [9.17, 15) is 4.79 Å². The highest BCUT2D eigenvalue weighted by atomic mass is 16.6. The standard InChI is InChI=1S/C17H36N2O2/c1-8-19(9-2)12-10-11-15(4)18-13-14(3)16(20)21-17(5,6)7/h14-15,18H,8-13H2,1-7H3/t14-,15-/m0/s1. The van der Waals surface area contributed by atoms with Crippen LogP contribution in [-0.2, 0) is 9.53 Å². The van der Waals surface area contributed by atoms with E-state index < -0.39 is 5.60 Å². The molecule has 0 aromatic carbocycles. The maximum atomic E-state index is 11.9. The summed E-state index contributed by atoms with van der Waals surface area (Å²) in [6.07, 6.45) is 2.33. The summed E-state index contributed by atoms with van der Waals surface area (Å²) in [6.45, 7) is 18.3. The van der Waals surface area contributed by atoms with Crippen LogP contribution in [-0.4, -0.2) is 48.7 Å². The van der Waals surface area contributed by atoms with Gasteiger partial charge in [0, 0.05) is 12.6 Å². The molecule has 21 heavy (non-hydrogen) atoms. The fourth-order valence-corrected chi connectivity index (χ4v) is 2.13. The number of hydrogen-bond acceptors (Lipinski definition) is 4. The van der Waals surface area contributed by atoms with Gasteiger partial charge in [0.05, 0.1) is 5.92 Å². The van der Waals surface area contributed by atoms with Crippen molar-refractivity contribution in [2.24, 2.45) is 5.92 Å². The molecule has 4 heteroatoms. The topological polar surface area (TPSA) is 41.6 Å². The highest BCUT2D eigenvalue weighted by Crippen LogP contribution is 2.11. The van der Waals surface area contributed by atoms with Crippen LogP contribution < -0.4 is 5.32 Å². The van der Waals surface area contributed by atoms with E-state index in [1.54, 1.807) is 0 Å². The Hall–Kier alpha value is -0.610. The Labute approximate surface area is 131 Å². The van der Waals surface area contributed by atoms with Gasteiger partial charge in [0.2, 0.25) is 0 Å². The van der Waals surface area contributed by atoms with Crippen LogP contribution in [0.5, 0.6) is 0 Å². The zero-order valence-electron chi connectivity index (χ0n) is 15.2. The fourth-order valence-electron chi connectivity index (χ4n) is 2.13. The maximum Gasteiger partial charge on any atom is 0.310 e. The summed E-state index contributed by atoms with van der Waals surface area (Å²) < 4.78 is 5.39. The normalized spacial score (nSPS) is 15.0. The Morgan fingerprint density at radius 2 is 1.76 bits per heavy atom. The van der Waals surface area contributed by atoms with Crippen LogP contribution in [0.4, 0.5) is 0 Å². The lowest BCUT2D eigenvalue weighted by Gasteiger charge is -2.24. The summed E-state index contributed by atoms with van der Waals surface area (Å²) in [4.78, 5) is 14.3. The van der Waals surface area contributed by atoms with Crippen molar-refractivity contribution in [3.05, 3.63) is 0 Å². The Morgan fingerprint density at radius 1 is 1.19 bits per heavy atom. The number of nitrogens with one attached hydrogen (secondary N) is 1. The van der Waals surface area contributed by atoms with E-state index in [1.165, 1.54) is 6.42 Å². The highest BCUT2D eigenvalue weighted by molar-refractivity contribution is 5.72. The van der Waals surface area contributed by atoms with Gasteiger partial charge in [-0.1, -0.05) is 20.8 Å². The molecule has 0 aromatic heterocycles.